The molecule has 7 nitrogen and oxygen atoms in total. The van der Waals surface area contributed by atoms with E-state index in [1.54, 1.807) is 11.3 Å². The summed E-state index contributed by atoms with van der Waals surface area (Å²) >= 11 is 5.19. The van der Waals surface area contributed by atoms with Crippen LogP contribution in [0.4, 0.5) is 0 Å². The van der Waals surface area contributed by atoms with Crippen molar-refractivity contribution in [1.29, 1.82) is 0 Å². The Labute approximate surface area is 286 Å². The van der Waals surface area contributed by atoms with Gasteiger partial charge in [0.05, 0.1) is 15.9 Å². The van der Waals surface area contributed by atoms with Gasteiger partial charge in [-0.25, -0.2) is 8.42 Å². The first-order valence-corrected chi connectivity index (χ1v) is 18.3. The molecule has 4 fully saturated rings. The van der Waals surface area contributed by atoms with E-state index in [9.17, 15) is 22.6 Å². The largest absolute Gasteiger partial charge is 1.00 e. The van der Waals surface area contributed by atoms with Crippen molar-refractivity contribution in [3.8, 4) is 0 Å². The summed E-state index contributed by atoms with van der Waals surface area (Å²) in [7, 11) is -4.87. The minimum absolute atomic E-state index is 0. The van der Waals surface area contributed by atoms with Gasteiger partial charge in [0.2, 0.25) is 16.3 Å². The number of carbonyl (C=O) groups excluding carboxylic acids is 2. The standard InChI is InChI=1S/C31H46BrNO6S2.Na/c1-17(2)29(25-8-9-26(32)40-25)33-27(35)14-18(3)21-6-7-22-28-23(11-13-31(21,22)5)30(4)12-10-20(34)15-19(30)16-24(28)39-41(36,37)38;/h8-9,17-19,21-24,28-29H,6-7,10-16H2,1-5H3,(H,33,35)(H,36,37,38);/q;+1/p-1/t18-,19+,21-,22+,23+,24-,28+,29?,30+,31-;/m1./s1. The predicted octanol–water partition coefficient (Wildman–Crippen LogP) is 4.04. The van der Waals surface area contributed by atoms with E-state index in [0.29, 0.717) is 31.6 Å². The zero-order chi connectivity index (χ0) is 29.9. The van der Waals surface area contributed by atoms with Crippen LogP contribution in [0, 0.1) is 52.3 Å². The van der Waals surface area contributed by atoms with Crippen molar-refractivity contribution in [2.24, 2.45) is 52.3 Å². The number of halogens is 1. The van der Waals surface area contributed by atoms with Crippen LogP contribution in [0.15, 0.2) is 15.9 Å². The second kappa shape index (κ2) is 13.1. The summed E-state index contributed by atoms with van der Waals surface area (Å²) in [6.45, 7) is 11.1. The molecule has 1 heterocycles. The van der Waals surface area contributed by atoms with Crippen LogP contribution in [0.25, 0.3) is 0 Å². The van der Waals surface area contributed by atoms with E-state index in [1.165, 1.54) is 0 Å². The molecule has 0 saturated heterocycles. The van der Waals surface area contributed by atoms with Gasteiger partial charge in [-0.2, -0.15) is 0 Å². The number of amides is 1. The Morgan fingerprint density at radius 1 is 1.14 bits per heavy atom. The maximum atomic E-state index is 13.4. The average Bonchev–Trinajstić information content (AvgIpc) is 3.45. The Bertz CT molecular complexity index is 1270. The normalized spacial score (nSPS) is 37.7. The maximum Gasteiger partial charge on any atom is 1.00 e. The predicted molar refractivity (Wildman–Crippen MR) is 162 cm³/mol. The second-order valence-electron chi connectivity index (χ2n) is 14.4. The van der Waals surface area contributed by atoms with Crippen molar-refractivity contribution in [3.05, 3.63) is 20.8 Å². The van der Waals surface area contributed by atoms with E-state index in [-0.39, 0.29) is 93.6 Å². The summed E-state index contributed by atoms with van der Waals surface area (Å²) in [6, 6.07) is 4.06. The minimum atomic E-state index is -4.87. The maximum absolute atomic E-state index is 13.4. The zero-order valence-electron chi connectivity index (χ0n) is 25.9. The van der Waals surface area contributed by atoms with Crippen LogP contribution in [-0.2, 0) is 24.2 Å². The molecule has 11 heteroatoms. The third-order valence-corrected chi connectivity index (χ3v) is 14.1. The number of hydrogen-bond donors (Lipinski definition) is 1. The van der Waals surface area contributed by atoms with E-state index < -0.39 is 16.5 Å². The summed E-state index contributed by atoms with van der Waals surface area (Å²) in [5.74, 6) is 1.56. The van der Waals surface area contributed by atoms with E-state index in [2.05, 4.69) is 61.9 Å². The van der Waals surface area contributed by atoms with Gasteiger partial charge in [0, 0.05) is 24.1 Å². The molecule has 1 N–H and O–H groups in total. The summed E-state index contributed by atoms with van der Waals surface area (Å²) < 4.78 is 42.1. The van der Waals surface area contributed by atoms with Crippen LogP contribution in [0.2, 0.25) is 0 Å². The number of nitrogens with one attached hydrogen (secondary N) is 1. The SMILES string of the molecule is CC(C)C(NC(=O)C[C@@H](C)[C@H]1CC[C@H]2[C@@H]3[C@H](OS(=O)(=O)[O-])C[C@@H]4CC(=O)CC[C@]4(C)[C@H]3CC[C@]12C)c1ccc(Br)s1.[Na+]. The summed E-state index contributed by atoms with van der Waals surface area (Å²) in [5, 5.41) is 3.30. The molecule has 1 unspecified atom stereocenters. The molecule has 0 radical (unpaired) electrons. The van der Waals surface area contributed by atoms with Crippen molar-refractivity contribution < 1.29 is 56.3 Å². The van der Waals surface area contributed by atoms with Gasteiger partial charge in [0.1, 0.15) is 5.78 Å². The Kier molecular flexibility index (Phi) is 11.0. The minimum Gasteiger partial charge on any atom is -0.726 e. The molecule has 230 valence electrons. The van der Waals surface area contributed by atoms with Gasteiger partial charge in [0.15, 0.2) is 0 Å². The number of thiophene rings is 1. The van der Waals surface area contributed by atoms with Crippen LogP contribution in [-0.4, -0.2) is 30.8 Å². The number of Topliss-reactive ketones (excluding diaryl/α,β-unsaturated/α-hetero) is 1. The quantitative estimate of drug-likeness (QED) is 0.250. The van der Waals surface area contributed by atoms with Gasteiger partial charge >= 0.3 is 29.6 Å². The number of rotatable bonds is 8. The molecule has 4 aliphatic rings. The molecule has 10 atom stereocenters. The molecule has 1 amide bonds. The summed E-state index contributed by atoms with van der Waals surface area (Å²) in [6.07, 6.45) is 5.98. The molecule has 1 aromatic heterocycles. The fourth-order valence-corrected chi connectivity index (χ4v) is 12.1. The van der Waals surface area contributed by atoms with Crippen LogP contribution in [0.5, 0.6) is 0 Å². The third kappa shape index (κ3) is 6.81. The number of hydrogen-bond acceptors (Lipinski definition) is 7. The van der Waals surface area contributed by atoms with Gasteiger partial charge in [0.25, 0.3) is 0 Å². The van der Waals surface area contributed by atoms with Crippen LogP contribution >= 0.6 is 27.3 Å². The molecule has 5 rings (SSSR count). The van der Waals surface area contributed by atoms with Gasteiger partial charge < -0.3 is 9.87 Å². The summed E-state index contributed by atoms with van der Waals surface area (Å²) in [4.78, 5) is 26.9. The molecule has 1 aromatic rings. The molecule has 0 aliphatic heterocycles. The average molecular weight is 695 g/mol. The van der Waals surface area contributed by atoms with Gasteiger partial charge in [-0.1, -0.05) is 34.6 Å². The first-order chi connectivity index (χ1) is 19.1. The first kappa shape index (κ1) is 35.1. The fourth-order valence-electron chi connectivity index (χ4n) is 9.94. The fraction of sp³-hybridized carbons (Fsp3) is 0.806. The van der Waals surface area contributed by atoms with Crippen molar-refractivity contribution in [1.82, 2.24) is 5.32 Å². The Morgan fingerprint density at radius 3 is 2.45 bits per heavy atom. The zero-order valence-corrected chi connectivity index (χ0v) is 31.1. The van der Waals surface area contributed by atoms with Crippen LogP contribution in [0.1, 0.15) is 103 Å². The van der Waals surface area contributed by atoms with E-state index >= 15 is 0 Å². The molecule has 0 spiro atoms. The van der Waals surface area contributed by atoms with Crippen molar-refractivity contribution >= 4 is 49.4 Å². The number of carbonyl (C=O) groups is 2. The van der Waals surface area contributed by atoms with E-state index in [4.69, 9.17) is 4.18 Å². The van der Waals surface area contributed by atoms with Crippen molar-refractivity contribution in [3.63, 3.8) is 0 Å². The Hall–Kier alpha value is 0.190. The molecule has 4 aliphatic carbocycles. The Morgan fingerprint density at radius 2 is 1.83 bits per heavy atom. The molecule has 0 bridgehead atoms. The van der Waals surface area contributed by atoms with Gasteiger partial charge in [-0.05, 0) is 119 Å². The van der Waals surface area contributed by atoms with E-state index in [0.717, 1.165) is 40.8 Å². The molecular formula is C31H45BrNNaO6S2. The van der Waals surface area contributed by atoms with Gasteiger partial charge in [-0.3, -0.25) is 13.8 Å². The number of fused-ring (bicyclic) bond motifs is 5. The molecular weight excluding hydrogens is 649 g/mol. The molecule has 0 aromatic carbocycles. The van der Waals surface area contributed by atoms with Crippen molar-refractivity contribution in [2.75, 3.05) is 0 Å². The van der Waals surface area contributed by atoms with Crippen LogP contribution in [0.3, 0.4) is 0 Å². The second-order valence-corrected chi connectivity index (χ2v) is 17.9. The monoisotopic (exact) mass is 693 g/mol. The Balaban J connectivity index is 0.00000405. The van der Waals surface area contributed by atoms with Crippen LogP contribution < -0.4 is 34.9 Å². The molecule has 4 saturated carbocycles. The van der Waals surface area contributed by atoms with Gasteiger partial charge in [-0.15, -0.1) is 11.3 Å². The first-order valence-electron chi connectivity index (χ1n) is 15.3. The van der Waals surface area contributed by atoms with E-state index in [1.807, 2.05) is 6.07 Å². The van der Waals surface area contributed by atoms with Crippen molar-refractivity contribution in [2.45, 2.75) is 105 Å². The smallest absolute Gasteiger partial charge is 0.726 e. The molecule has 42 heavy (non-hydrogen) atoms. The summed E-state index contributed by atoms with van der Waals surface area (Å²) in [5.41, 5.74) is -0.0997. The number of ketones is 1. The third-order valence-electron chi connectivity index (χ3n) is 11.9. The topological polar surface area (TPSA) is 113 Å².